The van der Waals surface area contributed by atoms with Gasteiger partial charge in [0.1, 0.15) is 0 Å². The molecule has 0 aliphatic heterocycles. The van der Waals surface area contributed by atoms with Gasteiger partial charge >= 0.3 is 0 Å². The average molecular weight is 454 g/mol. The molecule has 0 radical (unpaired) electrons. The molecule has 3 heterocycles. The number of imidazole rings is 2. The van der Waals surface area contributed by atoms with Crippen LogP contribution in [-0.2, 0) is 19.6 Å². The summed E-state index contributed by atoms with van der Waals surface area (Å²) in [6.07, 6.45) is 6.43. The van der Waals surface area contributed by atoms with Crippen molar-refractivity contribution in [3.05, 3.63) is 95.8 Å². The third-order valence-electron chi connectivity index (χ3n) is 5.86. The molecule has 8 nitrogen and oxygen atoms in total. The second-order valence-electron chi connectivity index (χ2n) is 8.47. The van der Waals surface area contributed by atoms with E-state index in [-0.39, 0.29) is 5.91 Å². The third kappa shape index (κ3) is 4.61. The maximum absolute atomic E-state index is 13.2. The standard InChI is InChI=1S/C26H27N7O/c1-19-15-20(2)33(30-19)17-21-7-5-8-22(16-21)25(34)29-26-28-23-9-3-4-10-24(23)32(26)13-6-12-31-14-11-27-18-31/h3-5,7-11,14-16,18H,6,12-13,17H2,1-2H3,(H,28,29,34). The molecule has 5 aromatic rings. The van der Waals surface area contributed by atoms with Crippen molar-refractivity contribution < 1.29 is 4.79 Å². The number of carbonyl (C=O) groups is 1. The quantitative estimate of drug-likeness (QED) is 0.377. The maximum atomic E-state index is 13.2. The summed E-state index contributed by atoms with van der Waals surface area (Å²) in [6.45, 7) is 6.21. The van der Waals surface area contributed by atoms with E-state index in [2.05, 4.69) is 20.0 Å². The number of aromatic nitrogens is 6. The number of hydrogen-bond acceptors (Lipinski definition) is 4. The number of anilines is 1. The molecule has 0 aliphatic rings. The van der Waals surface area contributed by atoms with Crippen molar-refractivity contribution in [3.8, 4) is 0 Å². The number of rotatable bonds is 8. The van der Waals surface area contributed by atoms with Crippen LogP contribution in [0.15, 0.2) is 73.3 Å². The van der Waals surface area contributed by atoms with Gasteiger partial charge in [0.05, 0.1) is 29.6 Å². The molecule has 0 spiro atoms. The molecule has 0 unspecified atom stereocenters. The summed E-state index contributed by atoms with van der Waals surface area (Å²) >= 11 is 0. The number of fused-ring (bicyclic) bond motifs is 1. The highest BCUT2D eigenvalue weighted by Crippen LogP contribution is 2.21. The number of benzene rings is 2. The Morgan fingerprint density at radius 1 is 1.03 bits per heavy atom. The molecule has 8 heteroatoms. The molecule has 0 atom stereocenters. The van der Waals surface area contributed by atoms with E-state index in [1.165, 1.54) is 0 Å². The van der Waals surface area contributed by atoms with Crippen LogP contribution in [-0.4, -0.2) is 34.8 Å². The smallest absolute Gasteiger partial charge is 0.257 e. The number of carbonyl (C=O) groups excluding carboxylic acids is 1. The van der Waals surface area contributed by atoms with Gasteiger partial charge in [0.2, 0.25) is 5.95 Å². The van der Waals surface area contributed by atoms with Crippen LogP contribution in [0.1, 0.15) is 33.7 Å². The lowest BCUT2D eigenvalue weighted by Crippen LogP contribution is -2.17. The predicted octanol–water partition coefficient (Wildman–Crippen LogP) is 4.44. The summed E-state index contributed by atoms with van der Waals surface area (Å²) in [4.78, 5) is 22.0. The molecule has 0 aliphatic carbocycles. The van der Waals surface area contributed by atoms with Crippen LogP contribution in [0.2, 0.25) is 0 Å². The van der Waals surface area contributed by atoms with Crippen LogP contribution >= 0.6 is 0 Å². The van der Waals surface area contributed by atoms with Crippen LogP contribution in [0, 0.1) is 13.8 Å². The fourth-order valence-corrected chi connectivity index (χ4v) is 4.22. The van der Waals surface area contributed by atoms with Crippen molar-refractivity contribution in [2.24, 2.45) is 0 Å². The minimum atomic E-state index is -0.179. The molecule has 0 saturated carbocycles. The Bertz CT molecular complexity index is 1430. The highest BCUT2D eigenvalue weighted by Gasteiger charge is 2.15. The van der Waals surface area contributed by atoms with Crippen molar-refractivity contribution in [3.63, 3.8) is 0 Å². The molecule has 1 N–H and O–H groups in total. The summed E-state index contributed by atoms with van der Waals surface area (Å²) in [6, 6.07) is 17.7. The first kappa shape index (κ1) is 21.6. The van der Waals surface area contributed by atoms with E-state index < -0.39 is 0 Å². The molecule has 0 fully saturated rings. The molecule has 172 valence electrons. The van der Waals surface area contributed by atoms with E-state index in [0.29, 0.717) is 18.1 Å². The fraction of sp³-hybridized carbons (Fsp3) is 0.231. The molecular weight excluding hydrogens is 426 g/mol. The number of hydrogen-bond donors (Lipinski definition) is 1. The zero-order valence-corrected chi connectivity index (χ0v) is 19.3. The number of amides is 1. The van der Waals surface area contributed by atoms with E-state index in [1.807, 2.05) is 90.2 Å². The first-order chi connectivity index (χ1) is 16.6. The average Bonchev–Trinajstić information content (AvgIpc) is 3.54. The van der Waals surface area contributed by atoms with Crippen molar-refractivity contribution >= 4 is 22.9 Å². The predicted molar refractivity (Wildman–Crippen MR) is 132 cm³/mol. The Labute approximate surface area is 197 Å². The van der Waals surface area contributed by atoms with Crippen LogP contribution < -0.4 is 5.32 Å². The largest absolute Gasteiger partial charge is 0.337 e. The van der Waals surface area contributed by atoms with Crippen molar-refractivity contribution in [1.82, 2.24) is 28.9 Å². The molecular formula is C26H27N7O. The van der Waals surface area contributed by atoms with Gasteiger partial charge in [-0.25, -0.2) is 9.97 Å². The van der Waals surface area contributed by atoms with Crippen LogP contribution in [0.5, 0.6) is 0 Å². The molecule has 2 aromatic carbocycles. The van der Waals surface area contributed by atoms with E-state index in [0.717, 1.165) is 47.5 Å². The van der Waals surface area contributed by atoms with E-state index in [9.17, 15) is 4.79 Å². The zero-order chi connectivity index (χ0) is 23.5. The highest BCUT2D eigenvalue weighted by atomic mass is 16.1. The third-order valence-corrected chi connectivity index (χ3v) is 5.86. The van der Waals surface area contributed by atoms with Gasteiger partial charge in [-0.15, -0.1) is 0 Å². The Morgan fingerprint density at radius 2 is 1.91 bits per heavy atom. The topological polar surface area (TPSA) is 82.6 Å². The lowest BCUT2D eigenvalue weighted by atomic mass is 10.1. The zero-order valence-electron chi connectivity index (χ0n) is 19.3. The lowest BCUT2D eigenvalue weighted by Gasteiger charge is -2.11. The monoisotopic (exact) mass is 453 g/mol. The minimum absolute atomic E-state index is 0.179. The SMILES string of the molecule is Cc1cc(C)n(Cc2cccc(C(=O)Nc3nc4ccccc4n3CCCn3ccnc3)c2)n1. The summed E-state index contributed by atoms with van der Waals surface area (Å²) in [5, 5.41) is 7.57. The minimum Gasteiger partial charge on any atom is -0.337 e. The Kier molecular flexibility index (Phi) is 5.95. The normalized spacial score (nSPS) is 11.2. The van der Waals surface area contributed by atoms with Crippen LogP contribution in [0.4, 0.5) is 5.95 Å². The Hall–Kier alpha value is -4.20. The van der Waals surface area contributed by atoms with Gasteiger partial charge in [0.25, 0.3) is 5.91 Å². The number of nitrogens with one attached hydrogen (secondary N) is 1. The second kappa shape index (κ2) is 9.35. The number of para-hydroxylation sites is 2. The van der Waals surface area contributed by atoms with Crippen LogP contribution in [0.25, 0.3) is 11.0 Å². The van der Waals surface area contributed by atoms with Gasteiger partial charge in [-0.3, -0.25) is 14.8 Å². The second-order valence-corrected chi connectivity index (χ2v) is 8.47. The van der Waals surface area contributed by atoms with Crippen molar-refractivity contribution in [2.45, 2.75) is 39.9 Å². The van der Waals surface area contributed by atoms with Gasteiger partial charge in [-0.1, -0.05) is 24.3 Å². The summed E-state index contributed by atoms with van der Waals surface area (Å²) in [5.74, 6) is 0.377. The molecule has 5 rings (SSSR count). The van der Waals surface area contributed by atoms with Crippen molar-refractivity contribution in [2.75, 3.05) is 5.32 Å². The van der Waals surface area contributed by atoms with Crippen molar-refractivity contribution in [1.29, 1.82) is 0 Å². The molecule has 1 amide bonds. The summed E-state index contributed by atoms with van der Waals surface area (Å²) < 4.78 is 6.07. The molecule has 34 heavy (non-hydrogen) atoms. The van der Waals surface area contributed by atoms with Gasteiger partial charge in [0, 0.05) is 36.7 Å². The van der Waals surface area contributed by atoms with E-state index in [1.54, 1.807) is 6.20 Å². The highest BCUT2D eigenvalue weighted by molar-refractivity contribution is 6.04. The first-order valence-electron chi connectivity index (χ1n) is 11.4. The number of nitrogens with zero attached hydrogens (tertiary/aromatic N) is 6. The van der Waals surface area contributed by atoms with Gasteiger partial charge in [-0.2, -0.15) is 5.10 Å². The van der Waals surface area contributed by atoms with E-state index >= 15 is 0 Å². The lowest BCUT2D eigenvalue weighted by molar-refractivity contribution is 0.102. The molecule has 0 bridgehead atoms. The number of aryl methyl sites for hydroxylation is 4. The molecule has 0 saturated heterocycles. The van der Waals surface area contributed by atoms with Gasteiger partial charge < -0.3 is 9.13 Å². The maximum Gasteiger partial charge on any atom is 0.257 e. The Balaban J connectivity index is 1.35. The van der Waals surface area contributed by atoms with Gasteiger partial charge in [0.15, 0.2) is 0 Å². The van der Waals surface area contributed by atoms with Crippen LogP contribution in [0.3, 0.4) is 0 Å². The van der Waals surface area contributed by atoms with E-state index in [4.69, 9.17) is 4.98 Å². The summed E-state index contributed by atoms with van der Waals surface area (Å²) in [5.41, 5.74) is 5.55. The Morgan fingerprint density at radius 3 is 2.71 bits per heavy atom. The molecule has 3 aromatic heterocycles. The summed E-state index contributed by atoms with van der Waals surface area (Å²) in [7, 11) is 0. The fourth-order valence-electron chi connectivity index (χ4n) is 4.22. The first-order valence-corrected chi connectivity index (χ1v) is 11.4. The van der Waals surface area contributed by atoms with Gasteiger partial charge in [-0.05, 0) is 56.2 Å².